The Morgan fingerprint density at radius 1 is 1.00 bits per heavy atom. The first-order valence-electron chi connectivity index (χ1n) is 14.4. The topological polar surface area (TPSA) is 107 Å². The molecule has 2 N–H and O–H groups in total. The van der Waals surface area contributed by atoms with Crippen LogP contribution in [0, 0.1) is 0 Å². The molecule has 42 heavy (non-hydrogen) atoms. The molecule has 2 aromatic carbocycles. The lowest BCUT2D eigenvalue weighted by Crippen LogP contribution is -2.51. The number of likely N-dealkylation sites (tertiary alicyclic amines) is 1. The van der Waals surface area contributed by atoms with Crippen molar-refractivity contribution in [3.05, 3.63) is 71.6 Å². The monoisotopic (exact) mass is 585 g/mol. The van der Waals surface area contributed by atoms with Gasteiger partial charge in [0.15, 0.2) is 0 Å². The lowest BCUT2D eigenvalue weighted by Gasteiger charge is -2.38. The van der Waals surface area contributed by atoms with Crippen molar-refractivity contribution in [2.24, 2.45) is 0 Å². The SMILES string of the molecule is O=C(Cn1cc(-c2ccccc2Cl)c2c(N3CC(O)C3)ncnc21)N1CCC(N2CCc3ccccc3NC2=O)CC1. The molecule has 3 aliphatic heterocycles. The number of hydrogen-bond donors (Lipinski definition) is 2. The highest BCUT2D eigenvalue weighted by atomic mass is 35.5. The minimum absolute atomic E-state index is 0.00307. The van der Waals surface area contributed by atoms with Crippen molar-refractivity contribution < 1.29 is 14.7 Å². The van der Waals surface area contributed by atoms with Gasteiger partial charge >= 0.3 is 6.03 Å². The minimum Gasteiger partial charge on any atom is -0.389 e. The molecule has 2 fully saturated rings. The summed E-state index contributed by atoms with van der Waals surface area (Å²) >= 11 is 6.61. The maximum Gasteiger partial charge on any atom is 0.322 e. The fourth-order valence-corrected chi connectivity index (χ4v) is 6.63. The van der Waals surface area contributed by atoms with Gasteiger partial charge in [0.25, 0.3) is 0 Å². The number of fused-ring (bicyclic) bond motifs is 2. The third kappa shape index (κ3) is 4.84. The lowest BCUT2D eigenvalue weighted by molar-refractivity contribution is -0.133. The van der Waals surface area contributed by atoms with Crippen LogP contribution in [-0.4, -0.2) is 86.2 Å². The van der Waals surface area contributed by atoms with Gasteiger partial charge in [-0.2, -0.15) is 0 Å². The van der Waals surface area contributed by atoms with Gasteiger partial charge in [0.1, 0.15) is 24.3 Å². The summed E-state index contributed by atoms with van der Waals surface area (Å²) in [5.41, 5.74) is 4.37. The van der Waals surface area contributed by atoms with Gasteiger partial charge in [-0.15, -0.1) is 0 Å². The molecule has 0 aliphatic carbocycles. The van der Waals surface area contributed by atoms with Crippen molar-refractivity contribution in [3.8, 4) is 11.1 Å². The Bertz CT molecular complexity index is 1660. The number of rotatable bonds is 5. The van der Waals surface area contributed by atoms with Crippen LogP contribution in [0.4, 0.5) is 16.3 Å². The van der Waals surface area contributed by atoms with Gasteiger partial charge in [-0.05, 0) is 37.0 Å². The van der Waals surface area contributed by atoms with Crippen molar-refractivity contribution in [1.82, 2.24) is 24.3 Å². The molecule has 3 aliphatic rings. The van der Waals surface area contributed by atoms with Crippen LogP contribution in [-0.2, 0) is 17.8 Å². The van der Waals surface area contributed by atoms with Crippen LogP contribution in [0.3, 0.4) is 0 Å². The fourth-order valence-electron chi connectivity index (χ4n) is 6.39. The predicted molar refractivity (Wildman–Crippen MR) is 162 cm³/mol. The largest absolute Gasteiger partial charge is 0.389 e. The van der Waals surface area contributed by atoms with E-state index in [1.54, 1.807) is 0 Å². The van der Waals surface area contributed by atoms with E-state index in [1.807, 2.05) is 67.9 Å². The van der Waals surface area contributed by atoms with E-state index in [0.717, 1.165) is 52.8 Å². The first-order chi connectivity index (χ1) is 20.5. The van der Waals surface area contributed by atoms with E-state index in [0.29, 0.717) is 43.4 Å². The number of urea groups is 1. The zero-order chi connectivity index (χ0) is 28.8. The Kier molecular flexibility index (Phi) is 6.95. The van der Waals surface area contributed by atoms with E-state index in [2.05, 4.69) is 21.4 Å². The number of anilines is 2. The predicted octanol–water partition coefficient (Wildman–Crippen LogP) is 4.01. The number of carbonyl (C=O) groups is 2. The highest BCUT2D eigenvalue weighted by molar-refractivity contribution is 6.33. The molecule has 11 heteroatoms. The highest BCUT2D eigenvalue weighted by Crippen LogP contribution is 2.39. The second-order valence-electron chi connectivity index (χ2n) is 11.2. The third-order valence-corrected chi connectivity index (χ3v) is 8.99. The summed E-state index contributed by atoms with van der Waals surface area (Å²) in [6.07, 6.45) is 5.33. The number of aromatic nitrogens is 3. The Hall–Kier alpha value is -4.15. The van der Waals surface area contributed by atoms with Crippen LogP contribution >= 0.6 is 11.6 Å². The molecule has 4 aromatic rings. The first kappa shape index (κ1) is 26.7. The van der Waals surface area contributed by atoms with Gasteiger partial charge in [-0.1, -0.05) is 48.0 Å². The molecule has 0 saturated carbocycles. The maximum atomic E-state index is 13.6. The Morgan fingerprint density at radius 3 is 2.55 bits per heavy atom. The van der Waals surface area contributed by atoms with Crippen molar-refractivity contribution >= 4 is 46.1 Å². The van der Waals surface area contributed by atoms with Gasteiger partial charge in [-0.25, -0.2) is 14.8 Å². The van der Waals surface area contributed by atoms with Crippen LogP contribution in [0.2, 0.25) is 5.02 Å². The Balaban J connectivity index is 1.09. The van der Waals surface area contributed by atoms with Gasteiger partial charge in [0.05, 0.1) is 11.5 Å². The van der Waals surface area contributed by atoms with Crippen LogP contribution in [0.15, 0.2) is 61.1 Å². The molecular formula is C31H32ClN7O3. The van der Waals surface area contributed by atoms with Crippen LogP contribution in [0.1, 0.15) is 18.4 Å². The Morgan fingerprint density at radius 2 is 1.76 bits per heavy atom. The van der Waals surface area contributed by atoms with Crippen molar-refractivity contribution in [2.75, 3.05) is 42.9 Å². The van der Waals surface area contributed by atoms with Crippen LogP contribution in [0.5, 0.6) is 0 Å². The van der Waals surface area contributed by atoms with Crippen molar-refractivity contribution in [3.63, 3.8) is 0 Å². The number of benzene rings is 2. The summed E-state index contributed by atoms with van der Waals surface area (Å²) in [7, 11) is 0. The summed E-state index contributed by atoms with van der Waals surface area (Å²) in [6.45, 7) is 2.95. The first-order valence-corrected chi connectivity index (χ1v) is 14.8. The third-order valence-electron chi connectivity index (χ3n) is 8.66. The summed E-state index contributed by atoms with van der Waals surface area (Å²) in [4.78, 5) is 41.6. The molecule has 3 amide bonds. The summed E-state index contributed by atoms with van der Waals surface area (Å²) in [6, 6.07) is 15.6. The standard InChI is InChI=1S/C31H32ClN7O3/c32-25-7-3-2-6-23(25)24-17-38(30-28(24)29(33-19-34-30)37-15-22(40)16-37)18-27(41)36-12-10-21(11-13-36)39-14-9-20-5-1-4-8-26(20)35-31(39)42/h1-8,17,19,21-22,40H,9-16,18H2,(H,35,42). The summed E-state index contributed by atoms with van der Waals surface area (Å²) in [5.74, 6) is 0.730. The van der Waals surface area contributed by atoms with E-state index in [1.165, 1.54) is 6.33 Å². The average molecular weight is 586 g/mol. The van der Waals surface area contributed by atoms with Gasteiger partial charge in [-0.3, -0.25) is 4.79 Å². The number of halogens is 1. The molecule has 216 valence electrons. The van der Waals surface area contributed by atoms with Gasteiger partial charge in [0.2, 0.25) is 5.91 Å². The highest BCUT2D eigenvalue weighted by Gasteiger charge is 2.33. The number of β-amino-alcohol motifs (C(OH)–C–C–N with tert-alkyl or cyclic N) is 1. The number of piperidine rings is 1. The zero-order valence-electron chi connectivity index (χ0n) is 23.1. The smallest absolute Gasteiger partial charge is 0.322 e. The molecule has 2 aromatic heterocycles. The van der Waals surface area contributed by atoms with E-state index in [9.17, 15) is 14.7 Å². The van der Waals surface area contributed by atoms with Gasteiger partial charge in [0, 0.05) is 66.8 Å². The fraction of sp³-hybridized carbons (Fsp3) is 0.355. The second kappa shape index (κ2) is 10.9. The van der Waals surface area contributed by atoms with Gasteiger partial charge < -0.3 is 29.7 Å². The van der Waals surface area contributed by atoms with Crippen LogP contribution < -0.4 is 10.2 Å². The quantitative estimate of drug-likeness (QED) is 0.366. The maximum absolute atomic E-state index is 13.6. The number of aliphatic hydroxyl groups is 1. The molecule has 0 spiro atoms. The molecule has 10 nitrogen and oxygen atoms in total. The minimum atomic E-state index is -0.388. The molecule has 0 radical (unpaired) electrons. The van der Waals surface area contributed by atoms with Crippen LogP contribution in [0.25, 0.3) is 22.2 Å². The molecule has 7 rings (SSSR count). The number of aliphatic hydroxyl groups excluding tert-OH is 1. The Labute approximate surface area is 248 Å². The number of nitrogens with one attached hydrogen (secondary N) is 1. The van der Waals surface area contributed by atoms with E-state index < -0.39 is 0 Å². The summed E-state index contributed by atoms with van der Waals surface area (Å²) < 4.78 is 1.88. The average Bonchev–Trinajstić information content (AvgIpc) is 3.25. The molecule has 0 bridgehead atoms. The number of carbonyl (C=O) groups excluding carboxylic acids is 2. The van der Waals surface area contributed by atoms with E-state index >= 15 is 0 Å². The normalized spacial score (nSPS) is 18.0. The summed E-state index contributed by atoms with van der Waals surface area (Å²) in [5, 5.41) is 14.4. The zero-order valence-corrected chi connectivity index (χ0v) is 23.9. The van der Waals surface area contributed by atoms with E-state index in [-0.39, 0.29) is 30.6 Å². The lowest BCUT2D eigenvalue weighted by atomic mass is 10.0. The molecular weight excluding hydrogens is 554 g/mol. The molecule has 2 saturated heterocycles. The van der Waals surface area contributed by atoms with Crippen molar-refractivity contribution in [2.45, 2.75) is 38.0 Å². The number of nitrogens with zero attached hydrogens (tertiary/aromatic N) is 6. The van der Waals surface area contributed by atoms with Crippen molar-refractivity contribution in [1.29, 1.82) is 0 Å². The molecule has 5 heterocycles. The molecule has 0 unspecified atom stereocenters. The number of para-hydroxylation sites is 1. The second-order valence-corrected chi connectivity index (χ2v) is 11.7. The number of hydrogen-bond acceptors (Lipinski definition) is 6. The van der Waals surface area contributed by atoms with E-state index in [4.69, 9.17) is 11.6 Å². The number of amides is 3. The molecule has 0 atom stereocenters.